The lowest BCUT2D eigenvalue weighted by atomic mass is 10.2. The molecule has 0 heterocycles. The molecule has 0 aliphatic rings. The van der Waals surface area contributed by atoms with E-state index in [1.807, 2.05) is 6.92 Å². The molecular weight excluding hydrogens is 419 g/mol. The van der Waals surface area contributed by atoms with E-state index in [0.717, 1.165) is 11.6 Å². The summed E-state index contributed by atoms with van der Waals surface area (Å²) in [6, 6.07) is 11.3. The number of rotatable bonds is 10. The topological polar surface area (TPSA) is 125 Å². The van der Waals surface area contributed by atoms with Gasteiger partial charge in [-0.15, -0.1) is 0 Å². The second-order valence-electron chi connectivity index (χ2n) is 6.06. The van der Waals surface area contributed by atoms with Crippen LogP contribution in [0.1, 0.15) is 30.8 Å². The van der Waals surface area contributed by atoms with Crippen LogP contribution in [0.5, 0.6) is 0 Å². The zero-order valence-electron chi connectivity index (χ0n) is 16.3. The lowest BCUT2D eigenvalue weighted by Gasteiger charge is -2.27. The summed E-state index contributed by atoms with van der Waals surface area (Å²) in [6.07, 6.45) is 0. The SMILES string of the molecule is CCOP(=O)(OCC)C(NS(=O)(=O)c1ccc(C)cc1)c1cccc([N+](=O)[O-])c1. The van der Waals surface area contributed by atoms with Gasteiger partial charge in [-0.3, -0.25) is 14.7 Å². The number of nitro groups is 1. The molecule has 0 radical (unpaired) electrons. The minimum absolute atomic E-state index is 0.00500. The smallest absolute Gasteiger partial charge is 0.308 e. The van der Waals surface area contributed by atoms with Gasteiger partial charge in [-0.05, 0) is 38.5 Å². The van der Waals surface area contributed by atoms with Gasteiger partial charge in [0.1, 0.15) is 5.78 Å². The van der Waals surface area contributed by atoms with Crippen LogP contribution in [0.2, 0.25) is 0 Å². The average molecular weight is 442 g/mol. The number of aryl methyl sites for hydroxylation is 1. The number of benzene rings is 2. The Morgan fingerprint density at radius 2 is 1.69 bits per heavy atom. The van der Waals surface area contributed by atoms with Crippen LogP contribution in [0, 0.1) is 17.0 Å². The Labute approximate surface area is 169 Å². The molecule has 1 N–H and O–H groups in total. The molecule has 0 fully saturated rings. The molecule has 2 aromatic rings. The maximum Gasteiger partial charge on any atom is 0.352 e. The summed E-state index contributed by atoms with van der Waals surface area (Å²) in [7, 11) is -8.17. The molecule has 2 aromatic carbocycles. The van der Waals surface area contributed by atoms with Crippen molar-refractivity contribution in [2.24, 2.45) is 0 Å². The van der Waals surface area contributed by atoms with Crippen LogP contribution in [0.15, 0.2) is 53.4 Å². The van der Waals surface area contributed by atoms with E-state index in [1.165, 1.54) is 30.3 Å². The fourth-order valence-corrected chi connectivity index (χ4v) is 6.21. The largest absolute Gasteiger partial charge is 0.352 e. The molecule has 11 heteroatoms. The Kier molecular flexibility index (Phi) is 7.67. The third-order valence-electron chi connectivity index (χ3n) is 3.93. The van der Waals surface area contributed by atoms with Crippen molar-refractivity contribution in [3.05, 3.63) is 69.8 Å². The minimum atomic E-state index is -4.13. The maximum atomic E-state index is 13.4. The maximum absolute atomic E-state index is 13.4. The molecule has 158 valence electrons. The molecule has 0 saturated heterocycles. The highest BCUT2D eigenvalue weighted by molar-refractivity contribution is 7.89. The number of nitro benzene ring substituents is 1. The molecule has 0 amide bonds. The zero-order valence-corrected chi connectivity index (χ0v) is 18.0. The molecule has 29 heavy (non-hydrogen) atoms. The van der Waals surface area contributed by atoms with Crippen molar-refractivity contribution in [2.45, 2.75) is 31.4 Å². The van der Waals surface area contributed by atoms with Crippen molar-refractivity contribution in [3.8, 4) is 0 Å². The number of non-ortho nitro benzene ring substituents is 1. The van der Waals surface area contributed by atoms with Gasteiger partial charge in [0.25, 0.3) is 5.69 Å². The summed E-state index contributed by atoms with van der Waals surface area (Å²) < 4.78 is 52.3. The van der Waals surface area contributed by atoms with Gasteiger partial charge in [0.15, 0.2) is 0 Å². The zero-order chi connectivity index (χ0) is 21.7. The van der Waals surface area contributed by atoms with Crippen molar-refractivity contribution < 1.29 is 27.0 Å². The first kappa shape index (κ1) is 23.2. The molecule has 0 aliphatic heterocycles. The third-order valence-corrected chi connectivity index (χ3v) is 7.84. The van der Waals surface area contributed by atoms with E-state index in [2.05, 4.69) is 4.72 Å². The lowest BCUT2D eigenvalue weighted by molar-refractivity contribution is -0.384. The van der Waals surface area contributed by atoms with Crippen LogP contribution in [0.25, 0.3) is 0 Å². The Balaban J connectivity index is 2.57. The van der Waals surface area contributed by atoms with Crippen molar-refractivity contribution in [1.29, 1.82) is 0 Å². The lowest BCUT2D eigenvalue weighted by Crippen LogP contribution is -2.30. The summed E-state index contributed by atoms with van der Waals surface area (Å²) >= 11 is 0. The van der Waals surface area contributed by atoms with Gasteiger partial charge >= 0.3 is 7.60 Å². The first-order valence-electron chi connectivity index (χ1n) is 8.85. The highest BCUT2D eigenvalue weighted by Crippen LogP contribution is 2.60. The Bertz CT molecular complexity index is 999. The van der Waals surface area contributed by atoms with Crippen molar-refractivity contribution >= 4 is 23.3 Å². The van der Waals surface area contributed by atoms with Crippen LogP contribution < -0.4 is 4.72 Å². The number of nitrogens with zero attached hydrogens (tertiary/aromatic N) is 1. The molecule has 0 saturated carbocycles. The Morgan fingerprint density at radius 3 is 2.21 bits per heavy atom. The van der Waals surface area contributed by atoms with Crippen LogP contribution in [0.4, 0.5) is 5.69 Å². The van der Waals surface area contributed by atoms with Gasteiger partial charge in [-0.1, -0.05) is 29.8 Å². The summed E-state index contributed by atoms with van der Waals surface area (Å²) in [6.45, 7) is 4.98. The number of sulfonamides is 1. The highest BCUT2D eigenvalue weighted by Gasteiger charge is 2.40. The van der Waals surface area contributed by atoms with Gasteiger partial charge in [-0.25, -0.2) is 8.42 Å². The van der Waals surface area contributed by atoms with Crippen molar-refractivity contribution in [1.82, 2.24) is 4.72 Å². The van der Waals surface area contributed by atoms with Crippen LogP contribution in [-0.2, 0) is 23.6 Å². The van der Waals surface area contributed by atoms with Gasteiger partial charge in [0, 0.05) is 12.1 Å². The highest BCUT2D eigenvalue weighted by atomic mass is 32.2. The standard InChI is InChI=1S/C18H23N2O7PS/c1-4-26-28(23,27-5-2)18(15-7-6-8-16(13-15)20(21)22)19-29(24,25)17-11-9-14(3)10-12-17/h6-13,18-19H,4-5H2,1-3H3. The minimum Gasteiger partial charge on any atom is -0.308 e. The normalized spacial score (nSPS) is 13.2. The molecule has 9 nitrogen and oxygen atoms in total. The van der Waals surface area contributed by atoms with Crippen LogP contribution in [-0.4, -0.2) is 26.6 Å². The van der Waals surface area contributed by atoms with E-state index in [9.17, 15) is 23.1 Å². The van der Waals surface area contributed by atoms with Crippen molar-refractivity contribution in [3.63, 3.8) is 0 Å². The second kappa shape index (κ2) is 9.60. The van der Waals surface area contributed by atoms with E-state index < -0.39 is 28.3 Å². The molecule has 0 aromatic heterocycles. The number of nitrogens with one attached hydrogen (secondary N) is 1. The number of hydrogen-bond donors (Lipinski definition) is 1. The summed E-state index contributed by atoms with van der Waals surface area (Å²) in [4.78, 5) is 10.5. The third kappa shape index (κ3) is 5.71. The predicted molar refractivity (Wildman–Crippen MR) is 108 cm³/mol. The molecule has 0 bridgehead atoms. The van der Waals surface area contributed by atoms with E-state index in [4.69, 9.17) is 9.05 Å². The number of hydrogen-bond acceptors (Lipinski definition) is 7. The first-order valence-corrected chi connectivity index (χ1v) is 11.9. The Hall–Kier alpha value is -2.10. The first-order chi connectivity index (χ1) is 13.6. The second-order valence-corrected chi connectivity index (χ2v) is 9.89. The molecule has 0 aliphatic carbocycles. The molecule has 0 spiro atoms. The van der Waals surface area contributed by atoms with Crippen LogP contribution in [0.3, 0.4) is 0 Å². The monoisotopic (exact) mass is 442 g/mol. The van der Waals surface area contributed by atoms with Crippen molar-refractivity contribution in [2.75, 3.05) is 13.2 Å². The quantitative estimate of drug-likeness (QED) is 0.333. The summed E-state index contributed by atoms with van der Waals surface area (Å²) in [5, 5.41) is 11.2. The average Bonchev–Trinajstić information content (AvgIpc) is 2.67. The fourth-order valence-electron chi connectivity index (χ4n) is 2.60. The van der Waals surface area contributed by atoms with Crippen LogP contribution >= 0.6 is 7.60 Å². The Morgan fingerprint density at radius 1 is 1.10 bits per heavy atom. The molecule has 1 atom stereocenters. The van der Waals surface area contributed by atoms with Gasteiger partial charge < -0.3 is 9.05 Å². The molecular formula is C18H23N2O7PS. The molecule has 1 unspecified atom stereocenters. The van der Waals surface area contributed by atoms with Gasteiger partial charge in [-0.2, -0.15) is 4.72 Å². The van der Waals surface area contributed by atoms with E-state index in [1.54, 1.807) is 26.0 Å². The van der Waals surface area contributed by atoms with E-state index in [0.29, 0.717) is 0 Å². The molecule has 2 rings (SSSR count). The van der Waals surface area contributed by atoms with E-state index >= 15 is 0 Å². The predicted octanol–water partition coefficient (Wildman–Crippen LogP) is 4.15. The summed E-state index contributed by atoms with van der Waals surface area (Å²) in [5.41, 5.74) is 0.690. The summed E-state index contributed by atoms with van der Waals surface area (Å²) in [5.74, 6) is -1.46. The van der Waals surface area contributed by atoms with Gasteiger partial charge in [0.05, 0.1) is 23.0 Å². The van der Waals surface area contributed by atoms with E-state index in [-0.39, 0.29) is 29.4 Å². The van der Waals surface area contributed by atoms with Gasteiger partial charge in [0.2, 0.25) is 10.0 Å². The fraction of sp³-hybridized carbons (Fsp3) is 0.333.